The van der Waals surface area contributed by atoms with Gasteiger partial charge in [-0.1, -0.05) is 0 Å². The zero-order valence-electron chi connectivity index (χ0n) is 12.6. The standard InChI is InChI=1S/C16H15F2NO4/c1-21-14-6-3-10(7-15(14)22-2)19-16(20)9-23-11-4-5-12(17)13(18)8-11/h3-8H,9H2,1-2H3,(H,19,20). The molecule has 0 atom stereocenters. The maximum absolute atomic E-state index is 13.0. The fraction of sp³-hybridized carbons (Fsp3) is 0.188. The fourth-order valence-corrected chi connectivity index (χ4v) is 1.83. The first kappa shape index (κ1) is 16.5. The molecule has 2 aromatic rings. The quantitative estimate of drug-likeness (QED) is 0.888. The van der Waals surface area contributed by atoms with E-state index in [2.05, 4.69) is 5.32 Å². The zero-order chi connectivity index (χ0) is 16.8. The van der Waals surface area contributed by atoms with Crippen LogP contribution in [0.3, 0.4) is 0 Å². The molecule has 0 bridgehead atoms. The lowest BCUT2D eigenvalue weighted by Gasteiger charge is -2.11. The molecule has 0 radical (unpaired) electrons. The Kier molecular flexibility index (Phi) is 5.35. The Bertz CT molecular complexity index is 706. The second-order valence-corrected chi connectivity index (χ2v) is 4.48. The minimum Gasteiger partial charge on any atom is -0.493 e. The molecular weight excluding hydrogens is 308 g/mol. The molecular formula is C16H15F2NO4. The van der Waals surface area contributed by atoms with E-state index < -0.39 is 17.5 Å². The van der Waals surface area contributed by atoms with E-state index in [1.165, 1.54) is 20.3 Å². The number of halogens is 2. The van der Waals surface area contributed by atoms with Crippen molar-refractivity contribution in [3.05, 3.63) is 48.0 Å². The summed E-state index contributed by atoms with van der Waals surface area (Å²) >= 11 is 0. The van der Waals surface area contributed by atoms with Gasteiger partial charge in [-0.2, -0.15) is 0 Å². The number of amides is 1. The first-order valence-electron chi connectivity index (χ1n) is 6.63. The van der Waals surface area contributed by atoms with Gasteiger partial charge in [0.1, 0.15) is 5.75 Å². The van der Waals surface area contributed by atoms with Crippen LogP contribution in [0.25, 0.3) is 0 Å². The van der Waals surface area contributed by atoms with Crippen molar-refractivity contribution in [2.45, 2.75) is 0 Å². The van der Waals surface area contributed by atoms with Gasteiger partial charge < -0.3 is 19.5 Å². The second kappa shape index (κ2) is 7.44. The summed E-state index contributed by atoms with van der Waals surface area (Å²) in [4.78, 5) is 11.8. The Morgan fingerprint density at radius 1 is 1.00 bits per heavy atom. The van der Waals surface area contributed by atoms with E-state index in [4.69, 9.17) is 14.2 Å². The normalized spacial score (nSPS) is 10.1. The van der Waals surface area contributed by atoms with Crippen molar-refractivity contribution in [2.24, 2.45) is 0 Å². The van der Waals surface area contributed by atoms with Crippen LogP contribution >= 0.6 is 0 Å². The van der Waals surface area contributed by atoms with Gasteiger partial charge in [-0.3, -0.25) is 4.79 Å². The number of ether oxygens (including phenoxy) is 3. The third-order valence-corrected chi connectivity index (χ3v) is 2.93. The third-order valence-electron chi connectivity index (χ3n) is 2.93. The predicted molar refractivity (Wildman–Crippen MR) is 80.0 cm³/mol. The minimum absolute atomic E-state index is 0.0614. The summed E-state index contributed by atoms with van der Waals surface area (Å²) < 4.78 is 41.1. The molecule has 1 N–H and O–H groups in total. The number of hydrogen-bond donors (Lipinski definition) is 1. The van der Waals surface area contributed by atoms with Crippen LogP contribution in [0.5, 0.6) is 17.2 Å². The van der Waals surface area contributed by atoms with Crippen LogP contribution in [0.15, 0.2) is 36.4 Å². The Labute approximate surface area is 131 Å². The summed E-state index contributed by atoms with van der Waals surface area (Å²) in [5, 5.41) is 2.60. The van der Waals surface area contributed by atoms with E-state index in [-0.39, 0.29) is 12.4 Å². The molecule has 0 heterocycles. The highest BCUT2D eigenvalue weighted by atomic mass is 19.2. The molecule has 2 aromatic carbocycles. The molecule has 0 aliphatic heterocycles. The fourth-order valence-electron chi connectivity index (χ4n) is 1.83. The van der Waals surface area contributed by atoms with Crippen LogP contribution in [0.2, 0.25) is 0 Å². The van der Waals surface area contributed by atoms with Crippen LogP contribution in [-0.2, 0) is 4.79 Å². The van der Waals surface area contributed by atoms with Crippen LogP contribution in [0.4, 0.5) is 14.5 Å². The average molecular weight is 323 g/mol. The summed E-state index contributed by atoms with van der Waals surface area (Å²) in [5.41, 5.74) is 0.488. The van der Waals surface area contributed by atoms with Crippen molar-refractivity contribution >= 4 is 11.6 Å². The molecule has 122 valence electrons. The molecule has 0 aliphatic carbocycles. The van der Waals surface area contributed by atoms with Crippen LogP contribution in [0.1, 0.15) is 0 Å². The Balaban J connectivity index is 1.95. The van der Waals surface area contributed by atoms with Crippen molar-refractivity contribution in [3.63, 3.8) is 0 Å². The van der Waals surface area contributed by atoms with Gasteiger partial charge in [0.25, 0.3) is 5.91 Å². The molecule has 0 aromatic heterocycles. The van der Waals surface area contributed by atoms with Crippen LogP contribution in [0, 0.1) is 11.6 Å². The lowest BCUT2D eigenvalue weighted by atomic mass is 10.2. The summed E-state index contributed by atoms with van der Waals surface area (Å²) in [7, 11) is 2.99. The van der Waals surface area contributed by atoms with E-state index in [0.29, 0.717) is 17.2 Å². The molecule has 23 heavy (non-hydrogen) atoms. The van der Waals surface area contributed by atoms with E-state index in [1.54, 1.807) is 18.2 Å². The van der Waals surface area contributed by atoms with Gasteiger partial charge in [-0.25, -0.2) is 8.78 Å². The Morgan fingerprint density at radius 3 is 2.39 bits per heavy atom. The monoisotopic (exact) mass is 323 g/mol. The summed E-state index contributed by atoms with van der Waals surface area (Å²) in [6.45, 7) is -0.348. The highest BCUT2D eigenvalue weighted by Gasteiger charge is 2.09. The smallest absolute Gasteiger partial charge is 0.262 e. The van der Waals surface area contributed by atoms with Gasteiger partial charge in [0, 0.05) is 17.8 Å². The number of nitrogens with one attached hydrogen (secondary N) is 1. The highest BCUT2D eigenvalue weighted by Crippen LogP contribution is 2.29. The van der Waals surface area contributed by atoms with Gasteiger partial charge in [-0.15, -0.1) is 0 Å². The molecule has 0 unspecified atom stereocenters. The third kappa shape index (κ3) is 4.32. The zero-order valence-corrected chi connectivity index (χ0v) is 12.6. The second-order valence-electron chi connectivity index (χ2n) is 4.48. The highest BCUT2D eigenvalue weighted by molar-refractivity contribution is 5.92. The summed E-state index contributed by atoms with van der Waals surface area (Å²) in [6.07, 6.45) is 0. The minimum atomic E-state index is -1.04. The summed E-state index contributed by atoms with van der Waals surface area (Å²) in [5.74, 6) is -1.42. The largest absolute Gasteiger partial charge is 0.493 e. The number of anilines is 1. The molecule has 0 fully saturated rings. The first-order valence-corrected chi connectivity index (χ1v) is 6.63. The topological polar surface area (TPSA) is 56.8 Å². The number of carbonyl (C=O) groups is 1. The molecule has 0 spiro atoms. The van der Waals surface area contributed by atoms with Gasteiger partial charge in [0.2, 0.25) is 0 Å². The van der Waals surface area contributed by atoms with Gasteiger partial charge in [-0.05, 0) is 24.3 Å². The number of methoxy groups -OCH3 is 2. The van der Waals surface area contributed by atoms with E-state index in [9.17, 15) is 13.6 Å². The van der Waals surface area contributed by atoms with Crippen molar-refractivity contribution in [2.75, 3.05) is 26.1 Å². The molecule has 0 saturated carbocycles. The first-order chi connectivity index (χ1) is 11.0. The number of rotatable bonds is 6. The maximum Gasteiger partial charge on any atom is 0.262 e. The van der Waals surface area contributed by atoms with Gasteiger partial charge >= 0.3 is 0 Å². The molecule has 0 saturated heterocycles. The SMILES string of the molecule is COc1ccc(NC(=O)COc2ccc(F)c(F)c2)cc1OC. The van der Waals surface area contributed by atoms with Crippen LogP contribution < -0.4 is 19.5 Å². The molecule has 2 rings (SSSR count). The Morgan fingerprint density at radius 2 is 1.74 bits per heavy atom. The number of carbonyl (C=O) groups excluding carboxylic acids is 1. The maximum atomic E-state index is 13.0. The average Bonchev–Trinajstić information content (AvgIpc) is 2.55. The van der Waals surface area contributed by atoms with Gasteiger partial charge in [0.05, 0.1) is 14.2 Å². The Hall–Kier alpha value is -2.83. The summed E-state index contributed by atoms with van der Waals surface area (Å²) in [6, 6.07) is 7.91. The van der Waals surface area contributed by atoms with E-state index in [0.717, 1.165) is 12.1 Å². The molecule has 1 amide bonds. The lowest BCUT2D eigenvalue weighted by molar-refractivity contribution is -0.118. The number of benzene rings is 2. The van der Waals surface area contributed by atoms with Crippen molar-refractivity contribution in [1.29, 1.82) is 0 Å². The molecule has 5 nitrogen and oxygen atoms in total. The number of hydrogen-bond acceptors (Lipinski definition) is 4. The van der Waals surface area contributed by atoms with E-state index >= 15 is 0 Å². The van der Waals surface area contributed by atoms with Crippen LogP contribution in [-0.4, -0.2) is 26.7 Å². The van der Waals surface area contributed by atoms with Gasteiger partial charge in [0.15, 0.2) is 29.7 Å². The van der Waals surface area contributed by atoms with Crippen molar-refractivity contribution in [1.82, 2.24) is 0 Å². The molecule has 0 aliphatic rings. The predicted octanol–water partition coefficient (Wildman–Crippen LogP) is 3.00. The molecule has 7 heteroatoms. The van der Waals surface area contributed by atoms with Crippen molar-refractivity contribution < 1.29 is 27.8 Å². The lowest BCUT2D eigenvalue weighted by Crippen LogP contribution is -2.20. The van der Waals surface area contributed by atoms with E-state index in [1.807, 2.05) is 0 Å². The van der Waals surface area contributed by atoms with Crippen molar-refractivity contribution in [3.8, 4) is 17.2 Å².